The Balaban J connectivity index is 1.33. The van der Waals surface area contributed by atoms with Crippen molar-refractivity contribution in [2.75, 3.05) is 74.3 Å². The van der Waals surface area contributed by atoms with Gasteiger partial charge in [-0.2, -0.15) is 0 Å². The lowest BCUT2D eigenvalue weighted by molar-refractivity contribution is -0.133. The molecule has 0 radical (unpaired) electrons. The zero-order valence-corrected chi connectivity index (χ0v) is 21.3. The molecule has 2 aromatic carbocycles. The lowest BCUT2D eigenvalue weighted by atomic mass is 9.91. The number of carbonyl (C=O) groups is 3. The SMILES string of the molecule is Cc1ccc([C@]2(C)NC(=O)N(CC(=O)Nc3ccc(N4CCOCC4)cc3N3CCOCC3)C2=O)cc1. The maximum atomic E-state index is 13.3. The summed E-state index contributed by atoms with van der Waals surface area (Å²) in [5, 5.41) is 5.70. The Bertz CT molecular complexity index is 1170. The van der Waals surface area contributed by atoms with Gasteiger partial charge < -0.3 is 29.9 Å². The van der Waals surface area contributed by atoms with Gasteiger partial charge in [0.25, 0.3) is 5.91 Å². The van der Waals surface area contributed by atoms with Crippen LogP contribution in [-0.2, 0) is 24.6 Å². The van der Waals surface area contributed by atoms with Crippen LogP contribution < -0.4 is 20.4 Å². The van der Waals surface area contributed by atoms with E-state index in [-0.39, 0.29) is 6.54 Å². The van der Waals surface area contributed by atoms with Crippen LogP contribution in [0.2, 0.25) is 0 Å². The molecule has 0 aromatic heterocycles. The van der Waals surface area contributed by atoms with Crippen LogP contribution in [0.15, 0.2) is 42.5 Å². The number of imide groups is 1. The van der Waals surface area contributed by atoms with E-state index in [1.807, 2.05) is 43.3 Å². The van der Waals surface area contributed by atoms with Crippen molar-refractivity contribution in [3.05, 3.63) is 53.6 Å². The molecule has 4 amide bonds. The predicted molar refractivity (Wildman–Crippen MR) is 140 cm³/mol. The van der Waals surface area contributed by atoms with Gasteiger partial charge in [-0.05, 0) is 37.6 Å². The number of benzene rings is 2. The minimum atomic E-state index is -1.22. The number of nitrogens with one attached hydrogen (secondary N) is 2. The van der Waals surface area contributed by atoms with Gasteiger partial charge in [0.15, 0.2) is 0 Å². The van der Waals surface area contributed by atoms with Crippen LogP contribution in [-0.4, -0.2) is 81.9 Å². The van der Waals surface area contributed by atoms with E-state index in [2.05, 4.69) is 26.5 Å². The first-order valence-electron chi connectivity index (χ1n) is 12.7. The first-order valence-corrected chi connectivity index (χ1v) is 12.7. The molecule has 0 bridgehead atoms. The first-order chi connectivity index (χ1) is 17.8. The summed E-state index contributed by atoms with van der Waals surface area (Å²) in [5.41, 5.74) is 3.10. The Morgan fingerprint density at radius 3 is 2.22 bits per heavy atom. The van der Waals surface area contributed by atoms with Gasteiger partial charge in [-0.3, -0.25) is 14.5 Å². The van der Waals surface area contributed by atoms with Crippen LogP contribution in [0.3, 0.4) is 0 Å². The normalized spacial score (nSPS) is 22.3. The molecule has 0 aliphatic carbocycles. The third-order valence-electron chi connectivity index (χ3n) is 7.19. The third kappa shape index (κ3) is 5.12. The van der Waals surface area contributed by atoms with Gasteiger partial charge in [-0.1, -0.05) is 29.8 Å². The highest BCUT2D eigenvalue weighted by Crippen LogP contribution is 2.33. The number of anilines is 3. The summed E-state index contributed by atoms with van der Waals surface area (Å²) in [5.74, 6) is -0.891. The third-order valence-corrected chi connectivity index (χ3v) is 7.19. The second kappa shape index (κ2) is 10.4. The summed E-state index contributed by atoms with van der Waals surface area (Å²) in [6.45, 7) is 8.84. The first kappa shape index (κ1) is 25.0. The summed E-state index contributed by atoms with van der Waals surface area (Å²) in [7, 11) is 0. The molecule has 3 aliphatic rings. The second-order valence-electron chi connectivity index (χ2n) is 9.76. The van der Waals surface area contributed by atoms with Gasteiger partial charge in [-0.25, -0.2) is 4.79 Å². The number of amides is 4. The highest BCUT2D eigenvalue weighted by Gasteiger charge is 2.49. The van der Waals surface area contributed by atoms with Crippen molar-refractivity contribution in [3.63, 3.8) is 0 Å². The molecule has 3 aliphatic heterocycles. The van der Waals surface area contributed by atoms with Gasteiger partial charge >= 0.3 is 6.03 Å². The smallest absolute Gasteiger partial charge is 0.325 e. The van der Waals surface area contributed by atoms with Crippen molar-refractivity contribution < 1.29 is 23.9 Å². The van der Waals surface area contributed by atoms with E-state index in [4.69, 9.17) is 9.47 Å². The monoisotopic (exact) mass is 507 g/mol. The molecule has 1 atom stereocenters. The number of carbonyl (C=O) groups excluding carboxylic acids is 3. The molecule has 2 aromatic rings. The molecule has 10 nitrogen and oxygen atoms in total. The zero-order chi connectivity index (χ0) is 26.0. The van der Waals surface area contributed by atoms with Crippen LogP contribution in [0.25, 0.3) is 0 Å². The number of urea groups is 1. The number of morpholine rings is 2. The van der Waals surface area contributed by atoms with Crippen molar-refractivity contribution in [1.29, 1.82) is 0 Å². The highest BCUT2D eigenvalue weighted by molar-refractivity contribution is 6.10. The fourth-order valence-electron chi connectivity index (χ4n) is 4.97. The van der Waals surface area contributed by atoms with Crippen molar-refractivity contribution in [2.24, 2.45) is 0 Å². The van der Waals surface area contributed by atoms with E-state index in [9.17, 15) is 14.4 Å². The maximum Gasteiger partial charge on any atom is 0.325 e. The topological polar surface area (TPSA) is 103 Å². The number of rotatable bonds is 6. The summed E-state index contributed by atoms with van der Waals surface area (Å²) in [6.07, 6.45) is 0. The number of aryl methyl sites for hydroxylation is 1. The summed E-state index contributed by atoms with van der Waals surface area (Å²) < 4.78 is 11.0. The molecule has 3 saturated heterocycles. The number of hydrogen-bond donors (Lipinski definition) is 2. The predicted octanol–water partition coefficient (Wildman–Crippen LogP) is 2.07. The van der Waals surface area contributed by atoms with E-state index in [1.54, 1.807) is 6.92 Å². The van der Waals surface area contributed by atoms with Gasteiger partial charge in [0.1, 0.15) is 12.1 Å². The average Bonchev–Trinajstić information content (AvgIpc) is 3.14. The van der Waals surface area contributed by atoms with E-state index in [1.165, 1.54) is 0 Å². The molecule has 10 heteroatoms. The van der Waals surface area contributed by atoms with Crippen molar-refractivity contribution in [1.82, 2.24) is 10.2 Å². The number of nitrogens with zero attached hydrogens (tertiary/aromatic N) is 3. The largest absolute Gasteiger partial charge is 0.378 e. The molecule has 2 N–H and O–H groups in total. The zero-order valence-electron chi connectivity index (χ0n) is 21.3. The van der Waals surface area contributed by atoms with Crippen LogP contribution in [0, 0.1) is 6.92 Å². The minimum Gasteiger partial charge on any atom is -0.378 e. The molecule has 3 fully saturated rings. The lowest BCUT2D eigenvalue weighted by Crippen LogP contribution is -2.42. The molecule has 37 heavy (non-hydrogen) atoms. The molecular formula is C27H33N5O5. The highest BCUT2D eigenvalue weighted by atomic mass is 16.5. The number of hydrogen-bond acceptors (Lipinski definition) is 7. The fourth-order valence-corrected chi connectivity index (χ4v) is 4.97. The Kier molecular flexibility index (Phi) is 7.03. The fraction of sp³-hybridized carbons (Fsp3) is 0.444. The summed E-state index contributed by atoms with van der Waals surface area (Å²) in [4.78, 5) is 44.6. The second-order valence-corrected chi connectivity index (χ2v) is 9.76. The molecule has 3 heterocycles. The summed E-state index contributed by atoms with van der Waals surface area (Å²) in [6, 6.07) is 12.8. The van der Waals surface area contributed by atoms with Gasteiger partial charge in [0.05, 0.1) is 37.8 Å². The lowest BCUT2D eigenvalue weighted by Gasteiger charge is -2.33. The molecule has 0 saturated carbocycles. The molecule has 5 rings (SSSR count). The Morgan fingerprint density at radius 1 is 0.946 bits per heavy atom. The average molecular weight is 508 g/mol. The Hall–Kier alpha value is -3.63. The Labute approximate surface area is 216 Å². The van der Waals surface area contributed by atoms with Crippen LogP contribution >= 0.6 is 0 Å². The Morgan fingerprint density at radius 2 is 1.57 bits per heavy atom. The molecule has 0 spiro atoms. The van der Waals surface area contributed by atoms with Gasteiger partial charge in [-0.15, -0.1) is 0 Å². The van der Waals surface area contributed by atoms with Crippen LogP contribution in [0.1, 0.15) is 18.1 Å². The number of ether oxygens (including phenoxy) is 2. The van der Waals surface area contributed by atoms with Gasteiger partial charge in [0.2, 0.25) is 5.91 Å². The summed E-state index contributed by atoms with van der Waals surface area (Å²) >= 11 is 0. The molecular weight excluding hydrogens is 474 g/mol. The van der Waals surface area contributed by atoms with E-state index in [0.717, 1.165) is 34.9 Å². The standard InChI is InChI=1S/C27H33N5O5/c1-19-3-5-20(6-4-19)27(2)25(34)32(26(35)29-27)18-24(33)28-22-8-7-21(30-9-13-36-14-10-30)17-23(22)31-11-15-37-16-12-31/h3-8,17H,9-16,18H2,1-2H3,(H,28,33)(H,29,35)/t27-/m0/s1. The van der Waals surface area contributed by atoms with Crippen molar-refractivity contribution in [3.8, 4) is 0 Å². The molecule has 0 unspecified atom stereocenters. The van der Waals surface area contributed by atoms with E-state index in [0.29, 0.717) is 50.8 Å². The van der Waals surface area contributed by atoms with Crippen LogP contribution in [0.5, 0.6) is 0 Å². The molecule has 196 valence electrons. The van der Waals surface area contributed by atoms with E-state index >= 15 is 0 Å². The van der Waals surface area contributed by atoms with Crippen molar-refractivity contribution >= 4 is 34.9 Å². The van der Waals surface area contributed by atoms with E-state index < -0.39 is 23.4 Å². The maximum absolute atomic E-state index is 13.3. The quantitative estimate of drug-likeness (QED) is 0.577. The van der Waals surface area contributed by atoms with Crippen molar-refractivity contribution in [2.45, 2.75) is 19.4 Å². The van der Waals surface area contributed by atoms with Crippen LogP contribution in [0.4, 0.5) is 21.9 Å². The minimum absolute atomic E-state index is 0.375. The van der Waals surface area contributed by atoms with Gasteiger partial charge in [0, 0.05) is 31.9 Å².